The molecule has 0 saturated carbocycles. The van der Waals surface area contributed by atoms with Crippen molar-refractivity contribution in [2.45, 2.75) is 20.0 Å². The number of carbonyl (C=O) groups excluding carboxylic acids is 1. The maximum absolute atomic E-state index is 12.4. The molecular weight excluding hydrogens is 316 g/mol. The summed E-state index contributed by atoms with van der Waals surface area (Å²) in [6.07, 6.45) is 0.165. The van der Waals surface area contributed by atoms with Crippen LogP contribution in [0, 0.1) is 6.92 Å². The van der Waals surface area contributed by atoms with E-state index in [-0.39, 0.29) is 12.0 Å². The molecule has 5 nitrogen and oxygen atoms in total. The summed E-state index contributed by atoms with van der Waals surface area (Å²) in [6, 6.07) is 15.3. The minimum absolute atomic E-state index is 0.0472. The molecule has 5 heteroatoms. The number of benzene rings is 2. The summed E-state index contributed by atoms with van der Waals surface area (Å²) >= 11 is 0. The summed E-state index contributed by atoms with van der Waals surface area (Å²) < 4.78 is 11.4. The van der Waals surface area contributed by atoms with Gasteiger partial charge in [0.25, 0.3) is 0 Å². The van der Waals surface area contributed by atoms with Crippen LogP contribution in [-0.2, 0) is 9.53 Å². The topological polar surface area (TPSA) is 50.8 Å². The molecule has 0 bridgehead atoms. The van der Waals surface area contributed by atoms with E-state index < -0.39 is 0 Å². The minimum atomic E-state index is -0.0472. The third kappa shape index (κ3) is 5.05. The van der Waals surface area contributed by atoms with Gasteiger partial charge < -0.3 is 14.8 Å². The number of nitrogens with zero attached hydrogens (tertiary/aromatic N) is 1. The second-order valence-corrected chi connectivity index (χ2v) is 6.38. The maximum atomic E-state index is 12.4. The molecule has 0 aromatic heterocycles. The number of hydrogen-bond acceptors (Lipinski definition) is 4. The molecule has 0 unspecified atom stereocenters. The Morgan fingerprint density at radius 1 is 1.24 bits per heavy atom. The Balaban J connectivity index is 1.64. The standard InChI is InChI=1S/C20H24N2O3/c1-15-7-9-17(10-8-15)25-19-6-4-3-5-18(19)21-20(23)14-22-11-12-24-16(2)13-22/h3-10,16H,11-14H2,1-2H3,(H,21,23)/t16-/m1/s1. The van der Waals surface area contributed by atoms with Crippen LogP contribution >= 0.6 is 0 Å². The number of aryl methyl sites for hydroxylation is 1. The average Bonchev–Trinajstić information content (AvgIpc) is 2.58. The monoisotopic (exact) mass is 340 g/mol. The van der Waals surface area contributed by atoms with E-state index in [0.29, 0.717) is 24.6 Å². The van der Waals surface area contributed by atoms with Gasteiger partial charge in [-0.3, -0.25) is 9.69 Å². The molecule has 2 aromatic carbocycles. The van der Waals surface area contributed by atoms with Gasteiger partial charge in [0.2, 0.25) is 5.91 Å². The lowest BCUT2D eigenvalue weighted by molar-refractivity contribution is -0.119. The Morgan fingerprint density at radius 3 is 2.76 bits per heavy atom. The second kappa shape index (κ2) is 8.14. The van der Waals surface area contributed by atoms with Gasteiger partial charge in [0.1, 0.15) is 5.75 Å². The zero-order valence-corrected chi connectivity index (χ0v) is 14.7. The van der Waals surface area contributed by atoms with Crippen LogP contribution in [0.5, 0.6) is 11.5 Å². The molecule has 132 valence electrons. The van der Waals surface area contributed by atoms with Gasteiger partial charge in [0.15, 0.2) is 5.75 Å². The van der Waals surface area contributed by atoms with Crippen molar-refractivity contribution in [1.29, 1.82) is 0 Å². The molecule has 1 N–H and O–H groups in total. The lowest BCUT2D eigenvalue weighted by Crippen LogP contribution is -2.44. The molecule has 0 radical (unpaired) electrons. The third-order valence-electron chi connectivity index (χ3n) is 4.10. The highest BCUT2D eigenvalue weighted by Gasteiger charge is 2.19. The number of morpholine rings is 1. The fraction of sp³-hybridized carbons (Fsp3) is 0.350. The largest absolute Gasteiger partial charge is 0.455 e. The molecule has 1 saturated heterocycles. The quantitative estimate of drug-likeness (QED) is 0.906. The molecule has 25 heavy (non-hydrogen) atoms. The minimum Gasteiger partial charge on any atom is -0.455 e. The van der Waals surface area contributed by atoms with E-state index in [9.17, 15) is 4.79 Å². The van der Waals surface area contributed by atoms with Crippen LogP contribution in [0.2, 0.25) is 0 Å². The van der Waals surface area contributed by atoms with Crippen molar-refractivity contribution < 1.29 is 14.3 Å². The van der Waals surface area contributed by atoms with Gasteiger partial charge in [-0.25, -0.2) is 0 Å². The second-order valence-electron chi connectivity index (χ2n) is 6.38. The number of anilines is 1. The molecule has 1 aliphatic heterocycles. The SMILES string of the molecule is Cc1ccc(Oc2ccccc2NC(=O)CN2CCO[C@H](C)C2)cc1. The van der Waals surface area contributed by atoms with Crippen molar-refractivity contribution >= 4 is 11.6 Å². The van der Waals surface area contributed by atoms with Crippen molar-refractivity contribution in [3.05, 3.63) is 54.1 Å². The van der Waals surface area contributed by atoms with E-state index in [1.165, 1.54) is 5.56 Å². The Kier molecular flexibility index (Phi) is 5.68. The summed E-state index contributed by atoms with van der Waals surface area (Å²) in [5, 5.41) is 2.96. The molecule has 3 rings (SSSR count). The van der Waals surface area contributed by atoms with Crippen LogP contribution in [0.1, 0.15) is 12.5 Å². The number of nitrogens with one attached hydrogen (secondary N) is 1. The van der Waals surface area contributed by atoms with E-state index in [1.807, 2.05) is 62.4 Å². The summed E-state index contributed by atoms with van der Waals surface area (Å²) in [6.45, 7) is 6.63. The smallest absolute Gasteiger partial charge is 0.238 e. The number of hydrogen-bond donors (Lipinski definition) is 1. The van der Waals surface area contributed by atoms with E-state index >= 15 is 0 Å². The van der Waals surface area contributed by atoms with E-state index in [2.05, 4.69) is 10.2 Å². The fourth-order valence-corrected chi connectivity index (χ4v) is 2.82. The molecule has 2 aromatic rings. The van der Waals surface area contributed by atoms with Gasteiger partial charge in [-0.05, 0) is 38.1 Å². The van der Waals surface area contributed by atoms with Crippen molar-refractivity contribution in [3.63, 3.8) is 0 Å². The molecule has 1 amide bonds. The highest BCUT2D eigenvalue weighted by molar-refractivity contribution is 5.93. The Morgan fingerprint density at radius 2 is 2.00 bits per heavy atom. The highest BCUT2D eigenvalue weighted by atomic mass is 16.5. The van der Waals surface area contributed by atoms with Crippen molar-refractivity contribution in [2.75, 3.05) is 31.6 Å². The van der Waals surface area contributed by atoms with Crippen LogP contribution in [0.25, 0.3) is 0 Å². The highest BCUT2D eigenvalue weighted by Crippen LogP contribution is 2.29. The van der Waals surface area contributed by atoms with Crippen LogP contribution in [0.15, 0.2) is 48.5 Å². The summed E-state index contributed by atoms with van der Waals surface area (Å²) in [7, 11) is 0. The Hall–Kier alpha value is -2.37. The molecule has 1 fully saturated rings. The van der Waals surface area contributed by atoms with Crippen LogP contribution in [0.3, 0.4) is 0 Å². The Bertz CT molecular complexity index is 715. The number of para-hydroxylation sites is 2. The first kappa shape index (κ1) is 17.5. The first-order chi connectivity index (χ1) is 12.1. The maximum Gasteiger partial charge on any atom is 0.238 e. The van der Waals surface area contributed by atoms with Gasteiger partial charge in [-0.1, -0.05) is 29.8 Å². The summed E-state index contributed by atoms with van der Waals surface area (Å²) in [4.78, 5) is 14.5. The van der Waals surface area contributed by atoms with Gasteiger partial charge in [0, 0.05) is 13.1 Å². The number of ether oxygens (including phenoxy) is 2. The van der Waals surface area contributed by atoms with Crippen molar-refractivity contribution in [3.8, 4) is 11.5 Å². The van der Waals surface area contributed by atoms with Gasteiger partial charge in [-0.2, -0.15) is 0 Å². The lowest BCUT2D eigenvalue weighted by Gasteiger charge is -2.30. The molecule has 1 heterocycles. The number of amides is 1. The normalized spacial score (nSPS) is 17.9. The number of rotatable bonds is 5. The lowest BCUT2D eigenvalue weighted by atomic mass is 10.2. The molecular formula is C20H24N2O3. The van der Waals surface area contributed by atoms with Gasteiger partial charge in [0.05, 0.1) is 24.9 Å². The zero-order valence-electron chi connectivity index (χ0n) is 14.7. The Labute approximate surface area is 148 Å². The van der Waals surface area contributed by atoms with Crippen LogP contribution in [0.4, 0.5) is 5.69 Å². The average molecular weight is 340 g/mol. The first-order valence-electron chi connectivity index (χ1n) is 8.57. The molecule has 1 atom stereocenters. The summed E-state index contributed by atoms with van der Waals surface area (Å²) in [5.74, 6) is 1.33. The summed E-state index contributed by atoms with van der Waals surface area (Å²) in [5.41, 5.74) is 1.85. The van der Waals surface area contributed by atoms with E-state index in [4.69, 9.17) is 9.47 Å². The van der Waals surface area contributed by atoms with Crippen LogP contribution < -0.4 is 10.1 Å². The third-order valence-corrected chi connectivity index (χ3v) is 4.10. The number of carbonyl (C=O) groups is 1. The molecule has 0 aliphatic carbocycles. The van der Waals surface area contributed by atoms with Gasteiger partial charge in [-0.15, -0.1) is 0 Å². The fourth-order valence-electron chi connectivity index (χ4n) is 2.82. The zero-order chi connectivity index (χ0) is 17.6. The molecule has 0 spiro atoms. The van der Waals surface area contributed by atoms with E-state index in [1.54, 1.807) is 0 Å². The first-order valence-corrected chi connectivity index (χ1v) is 8.57. The molecule has 1 aliphatic rings. The van der Waals surface area contributed by atoms with E-state index in [0.717, 1.165) is 18.8 Å². The predicted molar refractivity (Wildman–Crippen MR) is 98.2 cm³/mol. The van der Waals surface area contributed by atoms with Crippen molar-refractivity contribution in [2.24, 2.45) is 0 Å². The van der Waals surface area contributed by atoms with Crippen molar-refractivity contribution in [1.82, 2.24) is 4.90 Å². The predicted octanol–water partition coefficient (Wildman–Crippen LogP) is 3.45. The van der Waals surface area contributed by atoms with Crippen LogP contribution in [-0.4, -0.2) is 43.2 Å². The van der Waals surface area contributed by atoms with Gasteiger partial charge >= 0.3 is 0 Å².